The molecule has 0 aliphatic carbocycles. The van der Waals surface area contributed by atoms with Crippen LogP contribution in [0.4, 0.5) is 11.4 Å². The van der Waals surface area contributed by atoms with Crippen molar-refractivity contribution in [2.45, 2.75) is 25.1 Å². The van der Waals surface area contributed by atoms with E-state index in [1.54, 1.807) is 25.1 Å². The number of nitrogens with zero attached hydrogens (tertiary/aromatic N) is 2. The van der Waals surface area contributed by atoms with Crippen LogP contribution in [-0.4, -0.2) is 48.5 Å². The molecule has 20 heavy (non-hydrogen) atoms. The van der Waals surface area contributed by atoms with Gasteiger partial charge in [0.1, 0.15) is 0 Å². The van der Waals surface area contributed by atoms with Crippen LogP contribution in [0.1, 0.15) is 24.2 Å². The minimum absolute atomic E-state index is 0.0260. The standard InChI is InChI=1S/C15H23N3OS/c1-10-11(2)20-8-7-18(10)14-9-12(16)5-6-13(14)15(19)17(3)4/h5-6,9-11H,7-8,16H2,1-4H3. The molecule has 110 valence electrons. The molecule has 1 aromatic carbocycles. The quantitative estimate of drug-likeness (QED) is 0.850. The Kier molecular flexibility index (Phi) is 4.48. The van der Waals surface area contributed by atoms with Gasteiger partial charge in [0.05, 0.1) is 11.3 Å². The fourth-order valence-electron chi connectivity index (χ4n) is 2.48. The lowest BCUT2D eigenvalue weighted by molar-refractivity contribution is 0.0828. The van der Waals surface area contributed by atoms with Gasteiger partial charge in [0.15, 0.2) is 0 Å². The Labute approximate surface area is 125 Å². The van der Waals surface area contributed by atoms with Crippen molar-refractivity contribution >= 4 is 29.0 Å². The molecule has 0 bridgehead atoms. The Balaban J connectivity index is 2.43. The summed E-state index contributed by atoms with van der Waals surface area (Å²) >= 11 is 1.98. The number of nitrogens with two attached hydrogens (primary N) is 1. The highest BCUT2D eigenvalue weighted by molar-refractivity contribution is 8.00. The lowest BCUT2D eigenvalue weighted by atomic mass is 10.1. The number of nitrogen functional groups attached to an aromatic ring is 1. The van der Waals surface area contributed by atoms with Crippen molar-refractivity contribution in [3.05, 3.63) is 23.8 Å². The Bertz CT molecular complexity index is 504. The first kappa shape index (κ1) is 15.0. The number of amides is 1. The zero-order valence-electron chi connectivity index (χ0n) is 12.6. The van der Waals surface area contributed by atoms with E-state index in [2.05, 4.69) is 18.7 Å². The van der Waals surface area contributed by atoms with Crippen LogP contribution in [0, 0.1) is 0 Å². The molecule has 4 nitrogen and oxygen atoms in total. The predicted molar refractivity (Wildman–Crippen MR) is 87.6 cm³/mol. The van der Waals surface area contributed by atoms with Crippen molar-refractivity contribution in [3.63, 3.8) is 0 Å². The number of carbonyl (C=O) groups excluding carboxylic acids is 1. The third kappa shape index (κ3) is 2.87. The van der Waals surface area contributed by atoms with Gasteiger partial charge in [0, 0.05) is 43.4 Å². The Morgan fingerprint density at radius 2 is 2.10 bits per heavy atom. The third-order valence-corrected chi connectivity index (χ3v) is 5.19. The molecule has 5 heteroatoms. The normalized spacial score (nSPS) is 22.7. The van der Waals surface area contributed by atoms with Crippen molar-refractivity contribution in [1.82, 2.24) is 4.90 Å². The van der Waals surface area contributed by atoms with Gasteiger partial charge in [-0.05, 0) is 25.1 Å². The smallest absolute Gasteiger partial charge is 0.255 e. The molecule has 1 aliphatic heterocycles. The molecule has 2 unspecified atom stereocenters. The van der Waals surface area contributed by atoms with E-state index in [9.17, 15) is 4.79 Å². The van der Waals surface area contributed by atoms with Gasteiger partial charge >= 0.3 is 0 Å². The second-order valence-corrected chi connectivity index (χ2v) is 6.97. The highest BCUT2D eigenvalue weighted by Crippen LogP contribution is 2.32. The van der Waals surface area contributed by atoms with Crippen molar-refractivity contribution in [3.8, 4) is 0 Å². The Morgan fingerprint density at radius 1 is 1.40 bits per heavy atom. The maximum Gasteiger partial charge on any atom is 0.255 e. The molecular weight excluding hydrogens is 270 g/mol. The second kappa shape index (κ2) is 5.95. The van der Waals surface area contributed by atoms with E-state index >= 15 is 0 Å². The maximum absolute atomic E-state index is 12.4. The summed E-state index contributed by atoms with van der Waals surface area (Å²) in [7, 11) is 3.56. The molecule has 1 heterocycles. The fraction of sp³-hybridized carbons (Fsp3) is 0.533. The molecule has 0 aromatic heterocycles. The molecule has 1 aromatic rings. The molecule has 2 atom stereocenters. The second-order valence-electron chi connectivity index (χ2n) is 5.49. The summed E-state index contributed by atoms with van der Waals surface area (Å²) < 4.78 is 0. The number of thioether (sulfide) groups is 1. The fourth-order valence-corrected chi connectivity index (χ4v) is 3.58. The molecule has 0 radical (unpaired) electrons. The first-order valence-corrected chi connectivity index (χ1v) is 7.96. The number of rotatable bonds is 2. The Hall–Kier alpha value is -1.36. The zero-order chi connectivity index (χ0) is 14.9. The minimum Gasteiger partial charge on any atom is -0.399 e. The van der Waals surface area contributed by atoms with E-state index in [-0.39, 0.29) is 5.91 Å². The summed E-state index contributed by atoms with van der Waals surface area (Å²) in [4.78, 5) is 16.3. The predicted octanol–water partition coefficient (Wildman–Crippen LogP) is 2.30. The van der Waals surface area contributed by atoms with E-state index < -0.39 is 0 Å². The van der Waals surface area contributed by atoms with Crippen LogP contribution >= 0.6 is 11.8 Å². The highest BCUT2D eigenvalue weighted by atomic mass is 32.2. The molecule has 2 N–H and O–H groups in total. The molecule has 2 rings (SSSR count). The number of benzene rings is 1. The Morgan fingerprint density at radius 3 is 2.75 bits per heavy atom. The average Bonchev–Trinajstić information content (AvgIpc) is 2.41. The van der Waals surface area contributed by atoms with E-state index in [1.807, 2.05) is 23.9 Å². The summed E-state index contributed by atoms with van der Waals surface area (Å²) in [6.45, 7) is 5.40. The van der Waals surface area contributed by atoms with Gasteiger partial charge < -0.3 is 15.5 Å². The van der Waals surface area contributed by atoms with Crippen LogP contribution in [0.25, 0.3) is 0 Å². The summed E-state index contributed by atoms with van der Waals surface area (Å²) in [6.07, 6.45) is 0. The molecule has 0 spiro atoms. The SMILES string of the molecule is CC1SCCN(c2cc(N)ccc2C(=O)N(C)C)C1C. The summed E-state index contributed by atoms with van der Waals surface area (Å²) in [5.74, 6) is 1.11. The first-order chi connectivity index (χ1) is 9.41. The molecule has 0 saturated carbocycles. The van der Waals surface area contributed by atoms with Gasteiger partial charge in [0.25, 0.3) is 5.91 Å². The van der Waals surface area contributed by atoms with Gasteiger partial charge in [-0.15, -0.1) is 0 Å². The first-order valence-electron chi connectivity index (χ1n) is 6.91. The van der Waals surface area contributed by atoms with Crippen LogP contribution in [0.15, 0.2) is 18.2 Å². The van der Waals surface area contributed by atoms with E-state index in [0.29, 0.717) is 17.0 Å². The molecule has 1 saturated heterocycles. The zero-order valence-corrected chi connectivity index (χ0v) is 13.4. The van der Waals surface area contributed by atoms with Gasteiger partial charge in [-0.3, -0.25) is 4.79 Å². The van der Waals surface area contributed by atoms with Crippen LogP contribution in [0.2, 0.25) is 0 Å². The van der Waals surface area contributed by atoms with Crippen LogP contribution in [-0.2, 0) is 0 Å². The number of hydrogen-bond donors (Lipinski definition) is 1. The van der Waals surface area contributed by atoms with Crippen molar-refractivity contribution in [1.29, 1.82) is 0 Å². The molecular formula is C15H23N3OS. The number of hydrogen-bond acceptors (Lipinski definition) is 4. The van der Waals surface area contributed by atoms with Crippen LogP contribution < -0.4 is 10.6 Å². The van der Waals surface area contributed by atoms with E-state index in [4.69, 9.17) is 5.73 Å². The topological polar surface area (TPSA) is 49.6 Å². The van der Waals surface area contributed by atoms with Crippen molar-refractivity contribution in [2.24, 2.45) is 0 Å². The molecule has 1 aliphatic rings. The van der Waals surface area contributed by atoms with Gasteiger partial charge in [-0.2, -0.15) is 11.8 Å². The van der Waals surface area contributed by atoms with Crippen molar-refractivity contribution < 1.29 is 4.79 Å². The third-order valence-electron chi connectivity index (χ3n) is 3.85. The van der Waals surface area contributed by atoms with Gasteiger partial charge in [-0.25, -0.2) is 0 Å². The van der Waals surface area contributed by atoms with Crippen molar-refractivity contribution in [2.75, 3.05) is 37.0 Å². The lowest BCUT2D eigenvalue weighted by Gasteiger charge is -2.40. The van der Waals surface area contributed by atoms with E-state index in [0.717, 1.165) is 23.5 Å². The molecule has 1 fully saturated rings. The van der Waals surface area contributed by atoms with Gasteiger partial charge in [0.2, 0.25) is 0 Å². The molecule has 1 amide bonds. The highest BCUT2D eigenvalue weighted by Gasteiger charge is 2.28. The van der Waals surface area contributed by atoms with E-state index in [1.165, 1.54) is 0 Å². The maximum atomic E-state index is 12.4. The summed E-state index contributed by atoms with van der Waals surface area (Å²) in [6, 6.07) is 5.96. The monoisotopic (exact) mass is 293 g/mol. The largest absolute Gasteiger partial charge is 0.399 e. The number of carbonyl (C=O) groups is 1. The van der Waals surface area contributed by atoms with Crippen LogP contribution in [0.3, 0.4) is 0 Å². The average molecular weight is 293 g/mol. The summed E-state index contributed by atoms with van der Waals surface area (Å²) in [5.41, 5.74) is 8.33. The lowest BCUT2D eigenvalue weighted by Crippen LogP contribution is -2.45. The van der Waals surface area contributed by atoms with Crippen LogP contribution in [0.5, 0.6) is 0 Å². The minimum atomic E-state index is 0.0260. The number of anilines is 2. The summed E-state index contributed by atoms with van der Waals surface area (Å²) in [5, 5.41) is 0.549. The van der Waals surface area contributed by atoms with Gasteiger partial charge in [-0.1, -0.05) is 6.92 Å².